The van der Waals surface area contributed by atoms with Crippen molar-refractivity contribution in [2.24, 2.45) is 0 Å². The van der Waals surface area contributed by atoms with E-state index >= 15 is 0 Å². The molecule has 1 saturated heterocycles. The second-order valence-corrected chi connectivity index (χ2v) is 4.97. The maximum atomic E-state index is 12.0. The first-order chi connectivity index (χ1) is 8.25. The van der Waals surface area contributed by atoms with Gasteiger partial charge >= 0.3 is 6.03 Å². The number of aromatic nitrogens is 1. The van der Waals surface area contributed by atoms with E-state index in [4.69, 9.17) is 0 Å². The van der Waals surface area contributed by atoms with Crippen LogP contribution < -0.4 is 10.2 Å². The van der Waals surface area contributed by atoms with Gasteiger partial charge in [-0.25, -0.2) is 9.78 Å². The molecular weight excluding hydrogens is 214 g/mol. The summed E-state index contributed by atoms with van der Waals surface area (Å²) >= 11 is 0. The van der Waals surface area contributed by atoms with Crippen LogP contribution in [-0.4, -0.2) is 23.1 Å². The van der Waals surface area contributed by atoms with Crippen molar-refractivity contribution in [3.8, 4) is 0 Å². The quantitative estimate of drug-likeness (QED) is 0.805. The van der Waals surface area contributed by atoms with Gasteiger partial charge in [-0.15, -0.1) is 0 Å². The minimum absolute atomic E-state index is 0.0123. The van der Waals surface area contributed by atoms with Gasteiger partial charge in [0.15, 0.2) is 0 Å². The second-order valence-electron chi connectivity index (χ2n) is 4.97. The molecule has 90 valence electrons. The highest BCUT2D eigenvalue weighted by atomic mass is 16.2. The normalized spacial score (nSPS) is 27.8. The zero-order valence-corrected chi connectivity index (χ0v) is 10.0. The lowest BCUT2D eigenvalue weighted by molar-refractivity contribution is 0.250. The van der Waals surface area contributed by atoms with Gasteiger partial charge in [0, 0.05) is 6.20 Å². The van der Waals surface area contributed by atoms with E-state index in [0.29, 0.717) is 12.1 Å². The molecule has 2 unspecified atom stereocenters. The van der Waals surface area contributed by atoms with Crippen molar-refractivity contribution < 1.29 is 4.79 Å². The third kappa shape index (κ3) is 1.77. The van der Waals surface area contributed by atoms with E-state index in [1.54, 1.807) is 0 Å². The molecule has 4 heteroatoms. The molecule has 2 amide bonds. The number of pyridine rings is 1. The molecule has 0 radical (unpaired) electrons. The molecule has 4 nitrogen and oxygen atoms in total. The number of amides is 2. The Labute approximate surface area is 101 Å². The molecule has 0 spiro atoms. The number of nitrogens with zero attached hydrogens (tertiary/aromatic N) is 2. The van der Waals surface area contributed by atoms with Crippen molar-refractivity contribution >= 4 is 11.8 Å². The smallest absolute Gasteiger partial charge is 0.323 e. The van der Waals surface area contributed by atoms with Crippen molar-refractivity contribution in [3.05, 3.63) is 23.9 Å². The maximum absolute atomic E-state index is 12.0. The predicted molar refractivity (Wildman–Crippen MR) is 66.0 cm³/mol. The second kappa shape index (κ2) is 4.02. The molecule has 2 heterocycles. The Hall–Kier alpha value is -1.58. The molecular formula is C13H17N3O. The Morgan fingerprint density at radius 2 is 2.18 bits per heavy atom. The third-order valence-corrected chi connectivity index (χ3v) is 3.73. The number of nitrogens with one attached hydrogen (secondary N) is 1. The van der Waals surface area contributed by atoms with Gasteiger partial charge in [0.05, 0.1) is 12.1 Å². The number of rotatable bonds is 1. The molecule has 3 rings (SSSR count). The fraction of sp³-hybridized carbons (Fsp3) is 0.538. The van der Waals surface area contributed by atoms with Crippen molar-refractivity contribution in [2.75, 3.05) is 4.90 Å². The predicted octanol–water partition coefficient (Wildman–Crippen LogP) is 2.23. The summed E-state index contributed by atoms with van der Waals surface area (Å²) < 4.78 is 0. The summed E-state index contributed by atoms with van der Waals surface area (Å²) in [6, 6.07) is 4.57. The Morgan fingerprint density at radius 1 is 1.35 bits per heavy atom. The van der Waals surface area contributed by atoms with Crippen LogP contribution in [0.1, 0.15) is 31.2 Å². The monoisotopic (exact) mass is 231 g/mol. The Morgan fingerprint density at radius 3 is 2.94 bits per heavy atom. The molecule has 1 aliphatic carbocycles. The Kier molecular flexibility index (Phi) is 2.50. The largest absolute Gasteiger partial charge is 0.333 e. The summed E-state index contributed by atoms with van der Waals surface area (Å²) in [5, 5.41) is 3.07. The molecule has 1 aliphatic heterocycles. The lowest BCUT2D eigenvalue weighted by atomic mass is 9.91. The number of urea groups is 1. The molecule has 0 aromatic carbocycles. The molecule has 2 aliphatic rings. The summed E-state index contributed by atoms with van der Waals surface area (Å²) in [6.45, 7) is 2.00. The number of hydrogen-bond acceptors (Lipinski definition) is 2. The van der Waals surface area contributed by atoms with Crippen LogP contribution >= 0.6 is 0 Å². The highest BCUT2D eigenvalue weighted by Crippen LogP contribution is 2.30. The summed E-state index contributed by atoms with van der Waals surface area (Å²) in [6.07, 6.45) is 6.42. The number of aryl methyl sites for hydroxylation is 1. The molecule has 2 fully saturated rings. The Bertz CT molecular complexity index is 429. The Balaban J connectivity index is 1.90. The molecule has 1 aromatic heterocycles. The molecule has 1 N–H and O–H groups in total. The summed E-state index contributed by atoms with van der Waals surface area (Å²) in [5.74, 6) is 0.780. The SMILES string of the molecule is Cc1ccc(N2C(=O)NC3CCCCC32)nc1. The average molecular weight is 231 g/mol. The van der Waals surface area contributed by atoms with E-state index in [0.717, 1.165) is 24.2 Å². The van der Waals surface area contributed by atoms with Gasteiger partial charge in [-0.2, -0.15) is 0 Å². The highest BCUT2D eigenvalue weighted by molar-refractivity contribution is 5.94. The first-order valence-corrected chi connectivity index (χ1v) is 6.28. The molecule has 2 atom stereocenters. The van der Waals surface area contributed by atoms with E-state index in [2.05, 4.69) is 10.3 Å². The van der Waals surface area contributed by atoms with Crippen LogP contribution in [0.3, 0.4) is 0 Å². The number of carbonyl (C=O) groups excluding carboxylic acids is 1. The van der Waals surface area contributed by atoms with Crippen LogP contribution in [0.4, 0.5) is 10.6 Å². The minimum atomic E-state index is 0.0123. The first-order valence-electron chi connectivity index (χ1n) is 6.28. The number of fused-ring (bicyclic) bond motifs is 1. The third-order valence-electron chi connectivity index (χ3n) is 3.73. The van der Waals surface area contributed by atoms with Crippen LogP contribution in [0.5, 0.6) is 0 Å². The molecule has 1 saturated carbocycles. The fourth-order valence-electron chi connectivity index (χ4n) is 2.84. The summed E-state index contributed by atoms with van der Waals surface area (Å²) in [4.78, 5) is 18.2. The average Bonchev–Trinajstić information content (AvgIpc) is 2.66. The number of hydrogen-bond donors (Lipinski definition) is 1. The van der Waals surface area contributed by atoms with Crippen molar-refractivity contribution in [1.82, 2.24) is 10.3 Å². The standard InChI is InChI=1S/C13H17N3O/c1-9-6-7-12(14-8-9)16-11-5-3-2-4-10(11)15-13(16)17/h6-8,10-11H,2-5H2,1H3,(H,15,17). The maximum Gasteiger partial charge on any atom is 0.323 e. The highest BCUT2D eigenvalue weighted by Gasteiger charge is 2.41. The first kappa shape index (κ1) is 10.6. The fourth-order valence-corrected chi connectivity index (χ4v) is 2.84. The van der Waals surface area contributed by atoms with Crippen molar-refractivity contribution in [2.45, 2.75) is 44.7 Å². The van der Waals surface area contributed by atoms with Crippen LogP contribution in [0.2, 0.25) is 0 Å². The van der Waals surface area contributed by atoms with Gasteiger partial charge < -0.3 is 5.32 Å². The minimum Gasteiger partial charge on any atom is -0.333 e. The van der Waals surface area contributed by atoms with Crippen molar-refractivity contribution in [1.29, 1.82) is 0 Å². The van der Waals surface area contributed by atoms with E-state index in [1.807, 2.05) is 30.2 Å². The van der Waals surface area contributed by atoms with E-state index in [-0.39, 0.29) is 6.03 Å². The molecule has 17 heavy (non-hydrogen) atoms. The lowest BCUT2D eigenvalue weighted by Gasteiger charge is -2.29. The lowest BCUT2D eigenvalue weighted by Crippen LogP contribution is -2.39. The summed E-state index contributed by atoms with van der Waals surface area (Å²) in [7, 11) is 0. The van der Waals surface area contributed by atoms with Gasteiger partial charge in [0.25, 0.3) is 0 Å². The van der Waals surface area contributed by atoms with Crippen LogP contribution in [-0.2, 0) is 0 Å². The van der Waals surface area contributed by atoms with Gasteiger partial charge in [-0.05, 0) is 31.4 Å². The van der Waals surface area contributed by atoms with Gasteiger partial charge in [0.2, 0.25) is 0 Å². The molecule has 1 aromatic rings. The van der Waals surface area contributed by atoms with Crippen LogP contribution in [0, 0.1) is 6.92 Å². The molecule has 0 bridgehead atoms. The van der Waals surface area contributed by atoms with Gasteiger partial charge in [-0.1, -0.05) is 18.9 Å². The van der Waals surface area contributed by atoms with Crippen LogP contribution in [0.25, 0.3) is 0 Å². The van der Waals surface area contributed by atoms with E-state index < -0.39 is 0 Å². The zero-order valence-electron chi connectivity index (χ0n) is 10.0. The van der Waals surface area contributed by atoms with E-state index in [9.17, 15) is 4.79 Å². The topological polar surface area (TPSA) is 45.2 Å². The van der Waals surface area contributed by atoms with Gasteiger partial charge in [-0.3, -0.25) is 4.90 Å². The summed E-state index contributed by atoms with van der Waals surface area (Å²) in [5.41, 5.74) is 1.12. The number of anilines is 1. The number of carbonyl (C=O) groups is 1. The van der Waals surface area contributed by atoms with Crippen molar-refractivity contribution in [3.63, 3.8) is 0 Å². The van der Waals surface area contributed by atoms with E-state index in [1.165, 1.54) is 12.8 Å². The zero-order chi connectivity index (χ0) is 11.8. The van der Waals surface area contributed by atoms with Crippen LogP contribution in [0.15, 0.2) is 18.3 Å². The van der Waals surface area contributed by atoms with Gasteiger partial charge in [0.1, 0.15) is 5.82 Å².